The van der Waals surface area contributed by atoms with E-state index in [-0.39, 0.29) is 0 Å². The molecule has 4 heteroatoms. The fourth-order valence-corrected chi connectivity index (χ4v) is 3.97. The van der Waals surface area contributed by atoms with E-state index >= 15 is 0 Å². The lowest BCUT2D eigenvalue weighted by Gasteiger charge is -2.05. The van der Waals surface area contributed by atoms with Gasteiger partial charge in [-0.05, 0) is 46.9 Å². The molecule has 0 radical (unpaired) electrons. The number of hydrogen-bond donors (Lipinski definition) is 0. The maximum atomic E-state index is 2.34. The number of fused-ring (bicyclic) bond motifs is 1. The highest BCUT2D eigenvalue weighted by Gasteiger charge is 2.08. The zero-order valence-corrected chi connectivity index (χ0v) is 18.4. The smallest absolute Gasteiger partial charge is 0.237 e. The Bertz CT molecular complexity index is 1010. The van der Waals surface area contributed by atoms with E-state index in [1.807, 2.05) is 0 Å². The van der Waals surface area contributed by atoms with Crippen molar-refractivity contribution in [2.24, 2.45) is 0 Å². The van der Waals surface area contributed by atoms with Crippen molar-refractivity contribution >= 4 is 10.8 Å². The summed E-state index contributed by atoms with van der Waals surface area (Å²) in [5.41, 5.74) is 2.69. The van der Waals surface area contributed by atoms with Crippen LogP contribution in [0.5, 0.6) is 0 Å². The van der Waals surface area contributed by atoms with Gasteiger partial charge in [-0.2, -0.15) is 0 Å². The molecule has 30 heavy (non-hydrogen) atoms. The molecule has 2 heterocycles. The fourth-order valence-electron chi connectivity index (χ4n) is 3.97. The zero-order valence-electron chi connectivity index (χ0n) is 18.4. The molecule has 0 aliphatic heterocycles. The van der Waals surface area contributed by atoms with Gasteiger partial charge in [0.1, 0.15) is 37.9 Å². The van der Waals surface area contributed by atoms with Crippen LogP contribution in [0, 0.1) is 0 Å². The van der Waals surface area contributed by atoms with E-state index in [0.717, 1.165) is 26.2 Å². The number of nitrogens with zero attached hydrogens (tertiary/aromatic N) is 4. The van der Waals surface area contributed by atoms with Gasteiger partial charge in [-0.15, -0.1) is 0 Å². The molecule has 0 saturated carbocycles. The molecular formula is C26H34N4+2. The summed E-state index contributed by atoms with van der Waals surface area (Å²) in [6, 6.07) is 13.7. The lowest BCUT2D eigenvalue weighted by atomic mass is 10.0. The van der Waals surface area contributed by atoms with Gasteiger partial charge in [0, 0.05) is 0 Å². The Morgan fingerprint density at radius 2 is 1.17 bits per heavy atom. The second kappa shape index (κ2) is 9.75. The summed E-state index contributed by atoms with van der Waals surface area (Å²) >= 11 is 0. The van der Waals surface area contributed by atoms with Gasteiger partial charge >= 0.3 is 0 Å². The molecule has 4 nitrogen and oxygen atoms in total. The van der Waals surface area contributed by atoms with Gasteiger partial charge in [-0.1, -0.05) is 51.0 Å². The maximum Gasteiger partial charge on any atom is 0.244 e. The van der Waals surface area contributed by atoms with Crippen molar-refractivity contribution < 1.29 is 9.13 Å². The first-order valence-corrected chi connectivity index (χ1v) is 11.3. The first-order chi connectivity index (χ1) is 14.7. The minimum atomic E-state index is 0.911. The molecule has 0 atom stereocenters. The third-order valence-corrected chi connectivity index (χ3v) is 5.73. The van der Waals surface area contributed by atoms with Gasteiger partial charge in [0.15, 0.2) is 0 Å². The van der Waals surface area contributed by atoms with E-state index in [4.69, 9.17) is 0 Å². The molecule has 4 rings (SSSR count). The summed E-state index contributed by atoms with van der Waals surface area (Å²) in [4.78, 5) is 0. The van der Waals surface area contributed by atoms with Crippen LogP contribution in [0.25, 0.3) is 10.8 Å². The molecule has 0 aliphatic rings. The molecule has 156 valence electrons. The van der Waals surface area contributed by atoms with Gasteiger partial charge in [0.2, 0.25) is 12.7 Å². The van der Waals surface area contributed by atoms with Crippen LogP contribution in [-0.2, 0) is 26.2 Å². The summed E-state index contributed by atoms with van der Waals surface area (Å²) in [6.07, 6.45) is 18.1. The summed E-state index contributed by atoms with van der Waals surface area (Å²) in [7, 11) is 0. The van der Waals surface area contributed by atoms with Crippen LogP contribution >= 0.6 is 0 Å². The Morgan fingerprint density at radius 3 is 1.63 bits per heavy atom. The van der Waals surface area contributed by atoms with Crippen molar-refractivity contribution in [2.75, 3.05) is 0 Å². The van der Waals surface area contributed by atoms with Crippen LogP contribution in [0.3, 0.4) is 0 Å². The van der Waals surface area contributed by atoms with Crippen molar-refractivity contribution in [3.63, 3.8) is 0 Å². The predicted octanol–water partition coefficient (Wildman–Crippen LogP) is 4.71. The number of benzene rings is 2. The summed E-state index contributed by atoms with van der Waals surface area (Å²) in [5, 5.41) is 2.63. The average Bonchev–Trinajstić information content (AvgIpc) is 3.39. The van der Waals surface area contributed by atoms with Crippen LogP contribution in [0.4, 0.5) is 0 Å². The third-order valence-electron chi connectivity index (χ3n) is 5.73. The molecule has 4 aromatic rings. The normalized spacial score (nSPS) is 11.4. The van der Waals surface area contributed by atoms with Crippen molar-refractivity contribution in [3.8, 4) is 0 Å². The lowest BCUT2D eigenvalue weighted by Crippen LogP contribution is -2.31. The quantitative estimate of drug-likeness (QED) is 0.342. The highest BCUT2D eigenvalue weighted by atomic mass is 15.1. The van der Waals surface area contributed by atoms with E-state index in [2.05, 4.69) is 106 Å². The molecule has 0 bridgehead atoms. The Balaban J connectivity index is 1.46. The number of aromatic nitrogens is 4. The molecule has 0 unspecified atom stereocenters. The van der Waals surface area contributed by atoms with Crippen molar-refractivity contribution in [3.05, 3.63) is 85.0 Å². The van der Waals surface area contributed by atoms with Crippen molar-refractivity contribution in [1.82, 2.24) is 9.13 Å². The second-order valence-corrected chi connectivity index (χ2v) is 8.37. The van der Waals surface area contributed by atoms with Crippen molar-refractivity contribution in [1.29, 1.82) is 0 Å². The number of aryl methyl sites for hydroxylation is 2. The topological polar surface area (TPSA) is 17.6 Å². The first-order valence-electron chi connectivity index (χ1n) is 11.3. The summed E-state index contributed by atoms with van der Waals surface area (Å²) < 4.78 is 9.12. The summed E-state index contributed by atoms with van der Waals surface area (Å²) in [5.74, 6) is 0. The minimum Gasteiger partial charge on any atom is -0.237 e. The standard InChI is InChI=1S/C26H34N4/c1-3-5-11-27-13-15-29(21-27)19-23-7-9-25-10-8-24(18-26(25)17-23)20-30-16-14-28(22-30)12-6-4-2/h7-10,13-18,21-22H,3-6,11-12,19-20H2,1-2H3/q+2. The van der Waals surface area contributed by atoms with Gasteiger partial charge in [0.25, 0.3) is 0 Å². The molecule has 0 spiro atoms. The van der Waals surface area contributed by atoms with E-state index in [1.54, 1.807) is 0 Å². The SMILES string of the molecule is CCCCn1cc[n+](Cc2ccc3ccc(C[n+]4ccn(CCCC)c4)cc3c2)c1. The van der Waals surface area contributed by atoms with E-state index in [0.29, 0.717) is 0 Å². The Kier molecular flexibility index (Phi) is 6.63. The Morgan fingerprint density at radius 1 is 0.667 bits per heavy atom. The number of unbranched alkanes of at least 4 members (excludes halogenated alkanes) is 2. The predicted molar refractivity (Wildman–Crippen MR) is 121 cm³/mol. The minimum absolute atomic E-state index is 0.911. The summed E-state index contributed by atoms with van der Waals surface area (Å²) in [6.45, 7) is 8.50. The zero-order chi connectivity index (χ0) is 20.8. The van der Waals surface area contributed by atoms with Crippen LogP contribution in [0.2, 0.25) is 0 Å². The molecule has 0 saturated heterocycles. The van der Waals surface area contributed by atoms with Gasteiger partial charge in [-0.25, -0.2) is 18.3 Å². The average molecular weight is 403 g/mol. The third kappa shape index (κ3) is 5.18. The monoisotopic (exact) mass is 402 g/mol. The highest BCUT2D eigenvalue weighted by molar-refractivity contribution is 5.83. The lowest BCUT2D eigenvalue weighted by molar-refractivity contribution is -0.687. The van der Waals surface area contributed by atoms with Crippen LogP contribution in [0.1, 0.15) is 50.7 Å². The van der Waals surface area contributed by atoms with Crippen LogP contribution in [0.15, 0.2) is 73.8 Å². The maximum absolute atomic E-state index is 2.34. The van der Waals surface area contributed by atoms with Crippen molar-refractivity contribution in [2.45, 2.75) is 65.7 Å². The molecule has 0 fully saturated rings. The van der Waals surface area contributed by atoms with Gasteiger partial charge in [0.05, 0.1) is 13.1 Å². The van der Waals surface area contributed by atoms with Gasteiger partial charge in [-0.3, -0.25) is 0 Å². The van der Waals surface area contributed by atoms with Crippen LogP contribution < -0.4 is 9.13 Å². The molecule has 0 aliphatic carbocycles. The van der Waals surface area contributed by atoms with Crippen LogP contribution in [-0.4, -0.2) is 9.13 Å². The largest absolute Gasteiger partial charge is 0.244 e. The fraction of sp³-hybridized carbons (Fsp3) is 0.385. The highest BCUT2D eigenvalue weighted by Crippen LogP contribution is 2.18. The van der Waals surface area contributed by atoms with E-state index in [9.17, 15) is 0 Å². The molecule has 2 aromatic carbocycles. The molecule has 2 aromatic heterocycles. The van der Waals surface area contributed by atoms with E-state index in [1.165, 1.54) is 47.6 Å². The van der Waals surface area contributed by atoms with Gasteiger partial charge < -0.3 is 0 Å². The van der Waals surface area contributed by atoms with E-state index < -0.39 is 0 Å². The number of hydrogen-bond acceptors (Lipinski definition) is 0. The number of rotatable bonds is 10. The first kappa shape index (κ1) is 20.4. The molecule has 0 N–H and O–H groups in total. The molecule has 0 amide bonds. The Labute approximate surface area is 180 Å². The number of imidazole rings is 2. The molecular weight excluding hydrogens is 368 g/mol. The second-order valence-electron chi connectivity index (χ2n) is 8.37. The Hall–Kier alpha value is -2.88.